The molecule has 0 aliphatic carbocycles. The Morgan fingerprint density at radius 3 is 2.11 bits per heavy atom. The maximum absolute atomic E-state index is 11.6. The Morgan fingerprint density at radius 1 is 1.13 bits per heavy atom. The Hall–Kier alpha value is 0.730. The first-order valence-corrected chi connectivity index (χ1v) is 12.1. The van der Waals surface area contributed by atoms with Gasteiger partial charge in [-0.3, -0.25) is 13.9 Å². The molecule has 0 bridgehead atoms. The molecule has 23 heteroatoms. The Balaban J connectivity index is -0.00000408. The van der Waals surface area contributed by atoms with Gasteiger partial charge in [0.1, 0.15) is 36.7 Å². The van der Waals surface area contributed by atoms with Crippen LogP contribution in [0.15, 0.2) is 11.8 Å². The van der Waals surface area contributed by atoms with E-state index >= 15 is 0 Å². The number of carboxylic acid groups (broad SMARTS) is 1. The molecular weight excluding hydrogens is 599 g/mol. The van der Waals surface area contributed by atoms with Crippen molar-refractivity contribution in [3.05, 3.63) is 11.8 Å². The van der Waals surface area contributed by atoms with Gasteiger partial charge in [0.05, 0.1) is 6.61 Å². The third-order valence-corrected chi connectivity index (χ3v) is 5.07. The van der Waals surface area contributed by atoms with Crippen LogP contribution in [-0.2, 0) is 53.0 Å². The van der Waals surface area contributed by atoms with E-state index in [0.29, 0.717) is 6.08 Å². The largest absolute Gasteiger partial charge is 0.475 e. The van der Waals surface area contributed by atoms with Crippen LogP contribution in [0, 0.1) is 0 Å². The molecule has 0 aromatic heterocycles. The van der Waals surface area contributed by atoms with Crippen LogP contribution < -0.4 is 5.32 Å². The van der Waals surface area contributed by atoms with Gasteiger partial charge in [0.2, 0.25) is 18.0 Å². The molecule has 1 aliphatic heterocycles. The number of carboxylic acids is 1. The van der Waals surface area contributed by atoms with Crippen LogP contribution in [0.3, 0.4) is 0 Å². The van der Waals surface area contributed by atoms with E-state index in [4.69, 9.17) is 23.7 Å². The van der Waals surface area contributed by atoms with Crippen LogP contribution in [0.4, 0.5) is 0 Å². The fourth-order valence-electron chi connectivity index (χ4n) is 2.61. The third kappa shape index (κ3) is 15.1. The Labute approximate surface area is 283 Å². The van der Waals surface area contributed by atoms with Crippen molar-refractivity contribution in [3.8, 4) is 0 Å². The number of nitrogens with one attached hydrogen (secondary N) is 1. The SMILES string of the molecule is CCC(=O)N[C@@H](C=O)[C@@H](O)[C@H](O[C@@H]1OC(C(=O)O)=C[C@H](O)[C@H]1OS(=O)(=O)O)[C@H](O)COS(=O)(=O)O.[Na].[Na].[Na]. The van der Waals surface area contributed by atoms with Crippen molar-refractivity contribution >= 4 is 128 Å². The van der Waals surface area contributed by atoms with Gasteiger partial charge in [-0.2, -0.15) is 16.8 Å². The van der Waals surface area contributed by atoms with Gasteiger partial charge in [-0.1, -0.05) is 6.92 Å². The van der Waals surface area contributed by atoms with Gasteiger partial charge in [0.15, 0.2) is 6.10 Å². The number of amides is 1. The van der Waals surface area contributed by atoms with Crippen LogP contribution in [0.1, 0.15) is 13.3 Å². The van der Waals surface area contributed by atoms with Crippen molar-refractivity contribution in [1.82, 2.24) is 5.32 Å². The minimum Gasteiger partial charge on any atom is -0.475 e. The van der Waals surface area contributed by atoms with Crippen LogP contribution >= 0.6 is 0 Å². The van der Waals surface area contributed by atoms with Crippen molar-refractivity contribution in [3.63, 3.8) is 0 Å². The molecule has 1 amide bonds. The smallest absolute Gasteiger partial charge is 0.397 e. The topological polar surface area (TPSA) is 290 Å². The van der Waals surface area contributed by atoms with Gasteiger partial charge in [0.25, 0.3) is 0 Å². The summed E-state index contributed by atoms with van der Waals surface area (Å²) in [5.74, 6) is -3.63. The second kappa shape index (κ2) is 19.0. The van der Waals surface area contributed by atoms with E-state index in [1.807, 2.05) is 5.32 Å². The Morgan fingerprint density at radius 2 is 1.68 bits per heavy atom. The first-order valence-electron chi connectivity index (χ1n) is 9.32. The van der Waals surface area contributed by atoms with Crippen LogP contribution in [-0.4, -0.2) is 203 Å². The molecule has 18 nitrogen and oxygen atoms in total. The van der Waals surface area contributed by atoms with E-state index in [2.05, 4.69) is 8.37 Å². The summed E-state index contributed by atoms with van der Waals surface area (Å²) in [6.45, 7) is 0.0230. The summed E-state index contributed by atoms with van der Waals surface area (Å²) >= 11 is 0. The average Bonchev–Trinajstić information content (AvgIpc) is 2.73. The molecular formula is C15H23NNa3O17S2. The number of hydrogen-bond donors (Lipinski definition) is 7. The Kier molecular flexibility index (Phi) is 21.6. The molecule has 1 aliphatic rings. The van der Waals surface area contributed by atoms with Gasteiger partial charge in [-0.05, 0) is 6.08 Å². The molecule has 0 aromatic carbocycles. The molecule has 0 saturated heterocycles. The zero-order valence-electron chi connectivity index (χ0n) is 20.6. The molecule has 7 N–H and O–H groups in total. The zero-order chi connectivity index (χ0) is 27.1. The summed E-state index contributed by atoms with van der Waals surface area (Å²) in [7, 11) is -10.5. The van der Waals surface area contributed by atoms with E-state index in [0.717, 1.165) is 0 Å². The summed E-state index contributed by atoms with van der Waals surface area (Å²) < 4.78 is 79.7. The number of carbonyl (C=O) groups is 3. The van der Waals surface area contributed by atoms with E-state index in [1.54, 1.807) is 0 Å². The van der Waals surface area contributed by atoms with Gasteiger partial charge in [0, 0.05) is 95.1 Å². The number of aliphatic hydroxyl groups is 3. The number of carbonyl (C=O) groups excluding carboxylic acids is 2. The Bertz CT molecular complexity index is 1020. The molecule has 0 unspecified atom stereocenters. The maximum atomic E-state index is 11.6. The van der Waals surface area contributed by atoms with Crippen molar-refractivity contribution in [2.45, 2.75) is 56.2 Å². The molecule has 38 heavy (non-hydrogen) atoms. The summed E-state index contributed by atoms with van der Waals surface area (Å²) in [4.78, 5) is 34.3. The minimum atomic E-state index is -5.35. The van der Waals surface area contributed by atoms with Crippen LogP contribution in [0.2, 0.25) is 0 Å². The quantitative estimate of drug-likeness (QED) is 0.0541. The van der Waals surface area contributed by atoms with E-state index < -0.39 is 87.9 Å². The number of rotatable bonds is 14. The molecule has 0 aromatic rings. The first kappa shape index (κ1) is 43.2. The van der Waals surface area contributed by atoms with Crippen molar-refractivity contribution < 1.29 is 78.6 Å². The summed E-state index contributed by atoms with van der Waals surface area (Å²) in [6, 6.07) is -1.85. The van der Waals surface area contributed by atoms with Crippen LogP contribution in [0.5, 0.6) is 0 Å². The fourth-order valence-corrected chi connectivity index (χ4v) is 3.41. The monoisotopic (exact) mass is 622 g/mol. The molecule has 0 fully saturated rings. The van der Waals surface area contributed by atoms with Crippen molar-refractivity contribution in [2.24, 2.45) is 0 Å². The fraction of sp³-hybridized carbons (Fsp3) is 0.667. The van der Waals surface area contributed by atoms with Gasteiger partial charge in [-0.15, -0.1) is 0 Å². The molecule has 1 heterocycles. The van der Waals surface area contributed by atoms with E-state index in [1.165, 1.54) is 6.92 Å². The minimum absolute atomic E-state index is 0. The number of aldehydes is 1. The number of aliphatic carboxylic acids is 1. The average molecular weight is 622 g/mol. The van der Waals surface area contributed by atoms with Crippen LogP contribution in [0.25, 0.3) is 0 Å². The molecule has 3 radical (unpaired) electrons. The van der Waals surface area contributed by atoms with E-state index in [9.17, 15) is 46.5 Å². The number of ether oxygens (including phenoxy) is 2. The molecule has 0 spiro atoms. The van der Waals surface area contributed by atoms with Crippen molar-refractivity contribution in [1.29, 1.82) is 0 Å². The number of aliphatic hydroxyl groups excluding tert-OH is 3. The molecule has 205 valence electrons. The number of hydrogen-bond acceptors (Lipinski definition) is 14. The maximum Gasteiger partial charge on any atom is 0.397 e. The second-order valence-electron chi connectivity index (χ2n) is 6.76. The summed E-state index contributed by atoms with van der Waals surface area (Å²) in [6.07, 6.45) is -13.4. The zero-order valence-corrected chi connectivity index (χ0v) is 28.2. The predicted octanol–water partition coefficient (Wildman–Crippen LogP) is -5.26. The standard InChI is InChI=1S/C15H23NO17S2.3Na/c1-2-10(20)16-6(4-17)11(21)12(8(19)5-30-34(24,25)26)32-15-13(33-35(27,28)29)7(18)3-9(31-15)14(22)23;;;/h3-4,6-8,11-13,15,18-19,21H,2,5H2,1H3,(H,16,20)(H,22,23)(H,24,25,26)(H,27,28,29);;;/t6-,7-,8+,11+,12+,13+,15-;;;/m0.../s1. The van der Waals surface area contributed by atoms with Crippen molar-refractivity contribution in [2.75, 3.05) is 6.61 Å². The third-order valence-electron chi connectivity index (χ3n) is 4.17. The summed E-state index contributed by atoms with van der Waals surface area (Å²) in [5, 5.41) is 42.0. The molecule has 0 saturated carbocycles. The van der Waals surface area contributed by atoms with Gasteiger partial charge < -0.3 is 40.0 Å². The normalized spacial score (nSPS) is 22.4. The predicted molar refractivity (Wildman–Crippen MR) is 123 cm³/mol. The molecule has 1 rings (SSSR count). The first-order chi connectivity index (χ1) is 16.0. The molecule has 7 atom stereocenters. The van der Waals surface area contributed by atoms with Gasteiger partial charge >= 0.3 is 26.8 Å². The van der Waals surface area contributed by atoms with Gasteiger partial charge in [-0.25, -0.2) is 13.2 Å². The summed E-state index contributed by atoms with van der Waals surface area (Å²) in [5.41, 5.74) is 0. The second-order valence-corrected chi connectivity index (χ2v) is 8.89. The van der Waals surface area contributed by atoms with E-state index in [-0.39, 0.29) is 101 Å².